The van der Waals surface area contributed by atoms with E-state index in [9.17, 15) is 4.79 Å². The summed E-state index contributed by atoms with van der Waals surface area (Å²) >= 11 is 0. The smallest absolute Gasteiger partial charge is 0.339 e. The molecule has 0 radical (unpaired) electrons. The monoisotopic (exact) mass is 170 g/mol. The molecule has 0 bridgehead atoms. The molecule has 0 spiro atoms. The van der Waals surface area contributed by atoms with Crippen LogP contribution in [0.4, 0.5) is 0 Å². The van der Waals surface area contributed by atoms with Crippen molar-refractivity contribution in [3.05, 3.63) is 24.8 Å². The number of carbonyl (C=O) groups excluding carboxylic acids is 1. The van der Waals surface area contributed by atoms with Crippen molar-refractivity contribution in [1.29, 1.82) is 0 Å². The summed E-state index contributed by atoms with van der Waals surface area (Å²) in [5.74, 6) is -0.619. The summed E-state index contributed by atoms with van der Waals surface area (Å²) in [4.78, 5) is 10.9. The lowest BCUT2D eigenvalue weighted by molar-refractivity contribution is -0.163. The van der Waals surface area contributed by atoms with E-state index in [1.807, 2.05) is 6.92 Å². The maximum atomic E-state index is 10.9. The number of esters is 1. The van der Waals surface area contributed by atoms with Gasteiger partial charge >= 0.3 is 5.97 Å². The first-order valence-corrected chi connectivity index (χ1v) is 3.82. The first-order chi connectivity index (χ1) is 5.61. The van der Waals surface area contributed by atoms with Gasteiger partial charge in [-0.3, -0.25) is 0 Å². The summed E-state index contributed by atoms with van der Waals surface area (Å²) in [6.45, 7) is 8.62. The Morgan fingerprint density at radius 1 is 1.75 bits per heavy atom. The van der Waals surface area contributed by atoms with Crippen LogP contribution in [0.15, 0.2) is 24.8 Å². The number of hydrogen-bond donors (Lipinski definition) is 1. The van der Waals surface area contributed by atoms with Crippen LogP contribution in [0.1, 0.15) is 19.8 Å². The Hall–Kier alpha value is -1.09. The van der Waals surface area contributed by atoms with Crippen molar-refractivity contribution in [2.75, 3.05) is 0 Å². The van der Waals surface area contributed by atoms with Crippen LogP contribution in [0, 0.1) is 0 Å². The highest BCUT2D eigenvalue weighted by Crippen LogP contribution is 2.02. The maximum absolute atomic E-state index is 10.9. The average Bonchev–Trinajstić information content (AvgIpc) is 2.03. The molecule has 3 nitrogen and oxygen atoms in total. The van der Waals surface area contributed by atoms with Gasteiger partial charge in [0.25, 0.3) is 0 Å². The first-order valence-electron chi connectivity index (χ1n) is 3.82. The molecule has 0 aromatic carbocycles. The number of aliphatic hydroxyl groups excluding tert-OH is 1. The largest absolute Gasteiger partial charge is 0.432 e. The molecule has 0 saturated carbocycles. The molecule has 68 valence electrons. The lowest BCUT2D eigenvalue weighted by atomic mass is 10.3. The van der Waals surface area contributed by atoms with E-state index in [2.05, 4.69) is 17.9 Å². The van der Waals surface area contributed by atoms with E-state index in [4.69, 9.17) is 5.11 Å². The molecule has 12 heavy (non-hydrogen) atoms. The Labute approximate surface area is 72.3 Å². The Morgan fingerprint density at radius 2 is 2.33 bits per heavy atom. The van der Waals surface area contributed by atoms with Crippen molar-refractivity contribution in [1.82, 2.24) is 0 Å². The van der Waals surface area contributed by atoms with Crippen LogP contribution in [0.3, 0.4) is 0 Å². The van der Waals surface area contributed by atoms with Crippen LogP contribution in [0.25, 0.3) is 0 Å². The van der Waals surface area contributed by atoms with E-state index in [1.165, 1.54) is 6.08 Å². The van der Waals surface area contributed by atoms with Crippen molar-refractivity contribution in [2.24, 2.45) is 0 Å². The highest BCUT2D eigenvalue weighted by atomic mass is 16.6. The van der Waals surface area contributed by atoms with Gasteiger partial charge in [0, 0.05) is 6.42 Å². The summed E-state index contributed by atoms with van der Waals surface area (Å²) < 4.78 is 4.59. The fraction of sp³-hybridized carbons (Fsp3) is 0.444. The lowest BCUT2D eigenvalue weighted by Crippen LogP contribution is -2.17. The van der Waals surface area contributed by atoms with Crippen LogP contribution < -0.4 is 0 Å². The van der Waals surface area contributed by atoms with Gasteiger partial charge in [0.2, 0.25) is 6.29 Å². The van der Waals surface area contributed by atoms with Gasteiger partial charge in [-0.05, 0) is 0 Å². The summed E-state index contributed by atoms with van der Waals surface area (Å²) in [7, 11) is 0. The first kappa shape index (κ1) is 10.9. The van der Waals surface area contributed by atoms with Gasteiger partial charge in [-0.2, -0.15) is 0 Å². The lowest BCUT2D eigenvalue weighted by Gasteiger charge is -2.10. The molecule has 1 unspecified atom stereocenters. The highest BCUT2D eigenvalue weighted by molar-refractivity contribution is 5.90. The zero-order valence-corrected chi connectivity index (χ0v) is 7.25. The molecule has 0 aliphatic carbocycles. The van der Waals surface area contributed by atoms with E-state index in [0.29, 0.717) is 6.42 Å². The Morgan fingerprint density at radius 3 is 2.75 bits per heavy atom. The minimum absolute atomic E-state index is 0.158. The van der Waals surface area contributed by atoms with Gasteiger partial charge in [-0.15, -0.1) is 0 Å². The Bertz CT molecular complexity index is 184. The number of carbonyl (C=O) groups is 1. The second-order valence-electron chi connectivity index (χ2n) is 2.38. The van der Waals surface area contributed by atoms with Crippen molar-refractivity contribution in [2.45, 2.75) is 26.1 Å². The molecule has 0 fully saturated rings. The molecule has 1 N–H and O–H groups in total. The number of ether oxygens (including phenoxy) is 1. The minimum atomic E-state index is -1.03. The Balaban J connectivity index is 3.83. The summed E-state index contributed by atoms with van der Waals surface area (Å²) in [5, 5.41) is 9.05. The molecule has 3 heteroatoms. The number of aliphatic hydroxyl groups is 1. The van der Waals surface area contributed by atoms with Crippen LogP contribution in [0.5, 0.6) is 0 Å². The van der Waals surface area contributed by atoms with Crippen LogP contribution in [-0.2, 0) is 9.53 Å². The minimum Gasteiger partial charge on any atom is -0.432 e. The fourth-order valence-corrected chi connectivity index (χ4v) is 0.588. The molecule has 0 aliphatic heterocycles. The third kappa shape index (κ3) is 3.93. The molecule has 0 aromatic rings. The zero-order chi connectivity index (χ0) is 9.56. The molecule has 0 heterocycles. The molecule has 0 saturated heterocycles. The van der Waals surface area contributed by atoms with Crippen molar-refractivity contribution in [3.63, 3.8) is 0 Å². The van der Waals surface area contributed by atoms with Crippen molar-refractivity contribution < 1.29 is 14.6 Å². The molecular weight excluding hydrogens is 156 g/mol. The van der Waals surface area contributed by atoms with Gasteiger partial charge in [0.1, 0.15) is 0 Å². The van der Waals surface area contributed by atoms with Gasteiger partial charge < -0.3 is 9.84 Å². The molecule has 0 aliphatic rings. The second-order valence-corrected chi connectivity index (χ2v) is 2.38. The third-order valence-electron chi connectivity index (χ3n) is 1.29. The zero-order valence-electron chi connectivity index (χ0n) is 7.25. The fourth-order valence-electron chi connectivity index (χ4n) is 0.588. The molecule has 0 amide bonds. The topological polar surface area (TPSA) is 46.5 Å². The van der Waals surface area contributed by atoms with Crippen LogP contribution in [0.2, 0.25) is 0 Å². The van der Waals surface area contributed by atoms with Crippen LogP contribution in [-0.4, -0.2) is 17.4 Å². The number of rotatable bonds is 5. The summed E-state index contributed by atoms with van der Waals surface area (Å²) in [6, 6.07) is 0. The highest BCUT2D eigenvalue weighted by Gasteiger charge is 2.10. The SMILES string of the molecule is C=CC(=C)C(=O)OC(O)CCC. The second kappa shape index (κ2) is 5.55. The van der Waals surface area contributed by atoms with E-state index >= 15 is 0 Å². The molecular formula is C9H14O3. The predicted molar refractivity (Wildman–Crippen MR) is 46.3 cm³/mol. The Kier molecular flexibility index (Phi) is 5.04. The summed E-state index contributed by atoms with van der Waals surface area (Å²) in [5.41, 5.74) is 0.158. The van der Waals surface area contributed by atoms with Crippen LogP contribution >= 0.6 is 0 Å². The third-order valence-corrected chi connectivity index (χ3v) is 1.29. The van der Waals surface area contributed by atoms with Gasteiger partial charge in [0.05, 0.1) is 5.57 Å². The van der Waals surface area contributed by atoms with Crippen molar-refractivity contribution >= 4 is 5.97 Å². The summed E-state index contributed by atoms with van der Waals surface area (Å²) in [6.07, 6.45) is 1.46. The average molecular weight is 170 g/mol. The van der Waals surface area contributed by atoms with E-state index in [-0.39, 0.29) is 5.57 Å². The number of hydrogen-bond acceptors (Lipinski definition) is 3. The maximum Gasteiger partial charge on any atom is 0.339 e. The van der Waals surface area contributed by atoms with E-state index in [1.54, 1.807) is 0 Å². The molecule has 0 aromatic heterocycles. The van der Waals surface area contributed by atoms with Gasteiger partial charge in [0.15, 0.2) is 0 Å². The predicted octanol–water partition coefficient (Wildman–Crippen LogP) is 1.39. The van der Waals surface area contributed by atoms with Gasteiger partial charge in [-0.1, -0.05) is 32.6 Å². The van der Waals surface area contributed by atoms with E-state index < -0.39 is 12.3 Å². The quantitative estimate of drug-likeness (QED) is 0.293. The molecule has 0 rings (SSSR count). The van der Waals surface area contributed by atoms with E-state index in [0.717, 1.165) is 6.42 Å². The molecule has 1 atom stereocenters. The van der Waals surface area contributed by atoms with Gasteiger partial charge in [-0.25, -0.2) is 4.79 Å². The van der Waals surface area contributed by atoms with Crippen molar-refractivity contribution in [3.8, 4) is 0 Å². The normalized spacial score (nSPS) is 11.8. The standard InChI is InChI=1S/C9H14O3/c1-4-6-8(10)12-9(11)7(3)5-2/h5,8,10H,2-4,6H2,1H3.